The number of carbonyl (C=O) groups excluding carboxylic acids is 1. The predicted molar refractivity (Wildman–Crippen MR) is 159 cm³/mol. The Morgan fingerprint density at radius 2 is 1.98 bits per heavy atom. The number of nitrogens with zero attached hydrogens (tertiary/aromatic N) is 6. The molecule has 218 valence electrons. The molecule has 0 bridgehead atoms. The highest BCUT2D eigenvalue weighted by molar-refractivity contribution is 6.00. The maximum atomic E-state index is 13.8. The number of amides is 2. The second-order valence-corrected chi connectivity index (χ2v) is 12.4. The molecule has 3 aromatic heterocycles. The van der Waals surface area contributed by atoms with E-state index in [4.69, 9.17) is 9.72 Å². The summed E-state index contributed by atoms with van der Waals surface area (Å²) in [6.07, 6.45) is 2.29. The number of methoxy groups -OCH3 is 1. The molecule has 1 aliphatic rings. The predicted octanol–water partition coefficient (Wildman–Crippen LogP) is 5.64. The molecule has 4 aromatic rings. The van der Waals surface area contributed by atoms with Crippen molar-refractivity contribution in [2.45, 2.75) is 65.6 Å². The summed E-state index contributed by atoms with van der Waals surface area (Å²) in [5.41, 5.74) is 3.24. The zero-order valence-corrected chi connectivity index (χ0v) is 25.0. The Morgan fingerprint density at radius 3 is 2.63 bits per heavy atom. The fourth-order valence-corrected chi connectivity index (χ4v) is 6.16. The number of carboxylic acid groups (broad SMARTS) is 1. The normalized spacial score (nSPS) is 16.1. The summed E-state index contributed by atoms with van der Waals surface area (Å²) < 4.78 is 10.0. The number of rotatable bonds is 6. The van der Waals surface area contributed by atoms with Gasteiger partial charge in [0, 0.05) is 49.4 Å². The molecule has 2 amide bonds. The van der Waals surface area contributed by atoms with E-state index in [0.717, 1.165) is 47.5 Å². The van der Waals surface area contributed by atoms with Gasteiger partial charge >= 0.3 is 6.09 Å². The highest BCUT2D eigenvalue weighted by atomic mass is 16.5. The molecule has 0 aliphatic carbocycles. The van der Waals surface area contributed by atoms with Crippen molar-refractivity contribution in [3.8, 4) is 17.3 Å². The molecule has 0 unspecified atom stereocenters. The van der Waals surface area contributed by atoms with Crippen LogP contribution in [-0.4, -0.2) is 77.8 Å². The van der Waals surface area contributed by atoms with E-state index in [0.29, 0.717) is 35.8 Å². The molecular formula is C31H40N6O4. The Kier molecular flexibility index (Phi) is 7.44. The van der Waals surface area contributed by atoms with Crippen molar-refractivity contribution in [1.29, 1.82) is 0 Å². The van der Waals surface area contributed by atoms with Gasteiger partial charge < -0.3 is 23.9 Å². The van der Waals surface area contributed by atoms with E-state index < -0.39 is 11.6 Å². The lowest BCUT2D eigenvalue weighted by Gasteiger charge is -2.44. The van der Waals surface area contributed by atoms with E-state index in [-0.39, 0.29) is 11.9 Å². The number of imidazole rings is 1. The molecule has 1 N–H and O–H groups in total. The zero-order chi connectivity index (χ0) is 29.6. The molecule has 5 rings (SSSR count). The SMILES string of the molecule is COc1cc(C(=O)N2CCC[C@@H](N(C(=O)O)C(C)(C)C)C2)cc2nc(-c3cc4cccnc4n3CC(C)C)n(C)c12. The summed E-state index contributed by atoms with van der Waals surface area (Å²) in [7, 11) is 3.56. The molecule has 10 nitrogen and oxygen atoms in total. The third-order valence-electron chi connectivity index (χ3n) is 7.81. The van der Waals surface area contributed by atoms with E-state index in [9.17, 15) is 14.7 Å². The van der Waals surface area contributed by atoms with Gasteiger partial charge in [-0.05, 0) is 69.9 Å². The van der Waals surface area contributed by atoms with Crippen molar-refractivity contribution in [1.82, 2.24) is 28.9 Å². The summed E-state index contributed by atoms with van der Waals surface area (Å²) in [6.45, 7) is 11.7. The smallest absolute Gasteiger partial charge is 0.408 e. The van der Waals surface area contributed by atoms with Crippen LogP contribution in [0.4, 0.5) is 4.79 Å². The van der Waals surface area contributed by atoms with Crippen molar-refractivity contribution in [3.05, 3.63) is 42.1 Å². The van der Waals surface area contributed by atoms with Gasteiger partial charge in [0.05, 0.1) is 24.4 Å². The van der Waals surface area contributed by atoms with Crippen molar-refractivity contribution in [2.75, 3.05) is 20.2 Å². The first kappa shape index (κ1) is 28.4. The second-order valence-electron chi connectivity index (χ2n) is 12.4. The molecule has 41 heavy (non-hydrogen) atoms. The monoisotopic (exact) mass is 560 g/mol. The Bertz CT molecular complexity index is 1610. The maximum absolute atomic E-state index is 13.8. The lowest BCUT2D eigenvalue weighted by Crippen LogP contribution is -2.57. The van der Waals surface area contributed by atoms with E-state index >= 15 is 0 Å². The zero-order valence-electron chi connectivity index (χ0n) is 25.0. The molecule has 1 fully saturated rings. The van der Waals surface area contributed by atoms with E-state index in [1.807, 2.05) is 44.5 Å². The largest absolute Gasteiger partial charge is 0.494 e. The Labute approximate surface area is 240 Å². The maximum Gasteiger partial charge on any atom is 0.408 e. The van der Waals surface area contributed by atoms with Crippen LogP contribution < -0.4 is 4.74 Å². The fraction of sp³-hybridized carbons (Fsp3) is 0.484. The average molecular weight is 561 g/mol. The summed E-state index contributed by atoms with van der Waals surface area (Å²) in [5, 5.41) is 11.0. The van der Waals surface area contributed by atoms with Crippen LogP contribution in [0, 0.1) is 5.92 Å². The molecule has 1 aliphatic heterocycles. The number of hydrogen-bond donors (Lipinski definition) is 1. The topological polar surface area (TPSA) is 106 Å². The van der Waals surface area contributed by atoms with Crippen LogP contribution in [0.5, 0.6) is 5.75 Å². The minimum atomic E-state index is -0.967. The Balaban J connectivity index is 1.54. The molecule has 0 radical (unpaired) electrons. The number of hydrogen-bond acceptors (Lipinski definition) is 5. The third-order valence-corrected chi connectivity index (χ3v) is 7.81. The van der Waals surface area contributed by atoms with E-state index in [2.05, 4.69) is 35.5 Å². The number of benzene rings is 1. The Morgan fingerprint density at radius 1 is 1.22 bits per heavy atom. The molecule has 4 heterocycles. The van der Waals surface area contributed by atoms with Crippen LogP contribution in [-0.2, 0) is 13.6 Å². The number of ether oxygens (including phenoxy) is 1. The van der Waals surface area contributed by atoms with E-state index in [1.165, 1.54) is 4.90 Å². The van der Waals surface area contributed by atoms with Gasteiger partial charge in [-0.25, -0.2) is 14.8 Å². The molecule has 0 spiro atoms. The van der Waals surface area contributed by atoms with Crippen LogP contribution in [0.15, 0.2) is 36.5 Å². The highest BCUT2D eigenvalue weighted by Gasteiger charge is 2.37. The fourth-order valence-electron chi connectivity index (χ4n) is 6.16. The summed E-state index contributed by atoms with van der Waals surface area (Å²) >= 11 is 0. The second kappa shape index (κ2) is 10.7. The van der Waals surface area contributed by atoms with Gasteiger partial charge in [0.25, 0.3) is 5.91 Å². The summed E-state index contributed by atoms with van der Waals surface area (Å²) in [5.74, 6) is 1.58. The third kappa shape index (κ3) is 5.23. The van der Waals surface area contributed by atoms with Crippen LogP contribution >= 0.6 is 0 Å². The van der Waals surface area contributed by atoms with E-state index in [1.54, 1.807) is 24.3 Å². The Hall–Kier alpha value is -4.08. The number of aryl methyl sites for hydroxylation is 1. The van der Waals surface area contributed by atoms with Gasteiger partial charge in [0.2, 0.25) is 0 Å². The number of fused-ring (bicyclic) bond motifs is 2. The minimum absolute atomic E-state index is 0.153. The van der Waals surface area contributed by atoms with Crippen molar-refractivity contribution < 1.29 is 19.4 Å². The highest BCUT2D eigenvalue weighted by Crippen LogP contribution is 2.35. The van der Waals surface area contributed by atoms with Gasteiger partial charge in [0.1, 0.15) is 16.9 Å². The number of piperidine rings is 1. The molecule has 0 saturated carbocycles. The lowest BCUT2D eigenvalue weighted by molar-refractivity contribution is 0.0315. The molecule has 10 heteroatoms. The number of carbonyl (C=O) groups is 2. The average Bonchev–Trinajstić information content (AvgIpc) is 3.43. The van der Waals surface area contributed by atoms with Crippen LogP contribution in [0.1, 0.15) is 57.8 Å². The summed E-state index contributed by atoms with van der Waals surface area (Å²) in [6, 6.07) is 9.42. The van der Waals surface area contributed by atoms with Crippen molar-refractivity contribution in [2.24, 2.45) is 13.0 Å². The minimum Gasteiger partial charge on any atom is -0.494 e. The van der Waals surface area contributed by atoms with Gasteiger partial charge in [-0.3, -0.25) is 9.69 Å². The standard InChI is InChI=1S/C31H40N6O4/c1-19(2)17-36-24(15-20-10-8-12-32-27(20)36)28-33-23-14-21(16-25(41-7)26(23)34(28)6)29(38)35-13-9-11-22(18-35)37(30(39)40)31(3,4)5/h8,10,12,14-16,19,22H,9,11,13,17-18H2,1-7H3,(H,39,40)/t22-/m1/s1. The molecular weight excluding hydrogens is 520 g/mol. The van der Waals surface area contributed by atoms with Crippen LogP contribution in [0.2, 0.25) is 0 Å². The number of likely N-dealkylation sites (tertiary alicyclic amines) is 1. The molecule has 1 saturated heterocycles. The van der Waals surface area contributed by atoms with Gasteiger partial charge in [-0.2, -0.15) is 0 Å². The number of aromatic nitrogens is 4. The van der Waals surface area contributed by atoms with Crippen LogP contribution in [0.3, 0.4) is 0 Å². The van der Waals surface area contributed by atoms with Gasteiger partial charge in [-0.15, -0.1) is 0 Å². The molecule has 1 atom stereocenters. The van der Waals surface area contributed by atoms with Gasteiger partial charge in [-0.1, -0.05) is 13.8 Å². The van der Waals surface area contributed by atoms with Crippen LogP contribution in [0.25, 0.3) is 33.6 Å². The van der Waals surface area contributed by atoms with Gasteiger partial charge in [0.15, 0.2) is 5.82 Å². The molecule has 1 aromatic carbocycles. The van der Waals surface area contributed by atoms with Crippen molar-refractivity contribution in [3.63, 3.8) is 0 Å². The first-order chi connectivity index (χ1) is 19.4. The van der Waals surface area contributed by atoms with Crippen molar-refractivity contribution >= 4 is 34.1 Å². The first-order valence-electron chi connectivity index (χ1n) is 14.2. The number of pyridine rings is 1. The summed E-state index contributed by atoms with van der Waals surface area (Å²) in [4.78, 5) is 38.8. The first-order valence-corrected chi connectivity index (χ1v) is 14.2. The lowest BCUT2D eigenvalue weighted by atomic mass is 9.97. The quantitative estimate of drug-likeness (QED) is 0.327.